The van der Waals surface area contributed by atoms with Crippen molar-refractivity contribution in [3.05, 3.63) is 54.6 Å². The smallest absolute Gasteiger partial charge is 0.445 e. The van der Waals surface area contributed by atoms with E-state index >= 15 is 0 Å². The van der Waals surface area contributed by atoms with Crippen molar-refractivity contribution >= 4 is 28.2 Å². The predicted octanol–water partition coefficient (Wildman–Crippen LogP) is 2.57. The Hall–Kier alpha value is -1.96. The number of anilines is 1. The summed E-state index contributed by atoms with van der Waals surface area (Å²) in [4.78, 5) is -0.183. The summed E-state index contributed by atoms with van der Waals surface area (Å²) < 4.78 is 63.3. The van der Waals surface area contributed by atoms with Gasteiger partial charge in [-0.25, -0.2) is 8.42 Å². The van der Waals surface area contributed by atoms with Crippen molar-refractivity contribution in [3.8, 4) is 0 Å². The molecule has 0 unspecified atom stereocenters. The van der Waals surface area contributed by atoms with E-state index in [0.717, 1.165) is 28.6 Å². The lowest BCUT2D eigenvalue weighted by molar-refractivity contribution is 0.501. The lowest BCUT2D eigenvalue weighted by Crippen LogP contribution is -2.34. The van der Waals surface area contributed by atoms with Gasteiger partial charge in [-0.2, -0.15) is 0 Å². The molecule has 2 rings (SSSR count). The maximum Gasteiger partial charge on any atom is 0.509 e. The first-order chi connectivity index (χ1) is 9.73. The van der Waals surface area contributed by atoms with E-state index in [9.17, 15) is 21.4 Å². The van der Waals surface area contributed by atoms with Gasteiger partial charge in [0.2, 0.25) is 0 Å². The Morgan fingerprint density at radius 3 is 1.90 bits per heavy atom. The molecule has 0 fully saturated rings. The number of sulfonamides is 1. The highest BCUT2D eigenvalue weighted by Gasteiger charge is 2.27. The van der Waals surface area contributed by atoms with Crippen LogP contribution in [0.3, 0.4) is 0 Å². The van der Waals surface area contributed by atoms with E-state index in [-0.39, 0.29) is 4.90 Å². The Morgan fingerprint density at radius 1 is 0.905 bits per heavy atom. The third-order valence-electron chi connectivity index (χ3n) is 3.04. The number of halogens is 3. The molecule has 112 valence electrons. The monoisotopic (exact) mass is 314 g/mol. The van der Waals surface area contributed by atoms with Gasteiger partial charge in [-0.3, -0.25) is 4.31 Å². The highest BCUT2D eigenvalue weighted by Crippen LogP contribution is 2.21. The Balaban J connectivity index is 2.36. The van der Waals surface area contributed by atoms with Crippen LogP contribution in [-0.2, 0) is 10.0 Å². The summed E-state index contributed by atoms with van der Waals surface area (Å²) in [5.41, 5.74) is -0.391. The van der Waals surface area contributed by atoms with Crippen molar-refractivity contribution < 1.29 is 21.4 Å². The Bertz CT molecular complexity index is 715. The van der Waals surface area contributed by atoms with Crippen molar-refractivity contribution in [3.63, 3.8) is 0 Å². The molecule has 0 aliphatic heterocycles. The maximum atomic E-state index is 12.5. The normalized spacial score (nSPS) is 12.2. The number of nitrogens with zero attached hydrogens (tertiary/aromatic N) is 1. The fourth-order valence-corrected chi connectivity index (χ4v) is 2.99. The molecule has 0 amide bonds. The number of para-hydroxylation sites is 1. The topological polar surface area (TPSA) is 37.4 Å². The molecule has 0 aromatic heterocycles. The lowest BCUT2D eigenvalue weighted by atomic mass is 9.80. The minimum absolute atomic E-state index is 0.183. The number of benzene rings is 2. The minimum Gasteiger partial charge on any atom is -0.445 e. The first kappa shape index (κ1) is 15.4. The molecule has 8 heteroatoms. The highest BCUT2D eigenvalue weighted by atomic mass is 32.2. The van der Waals surface area contributed by atoms with Gasteiger partial charge in [0.25, 0.3) is 10.0 Å². The van der Waals surface area contributed by atoms with Gasteiger partial charge in [-0.1, -0.05) is 30.3 Å². The van der Waals surface area contributed by atoms with Gasteiger partial charge in [0.15, 0.2) is 0 Å². The Kier molecular flexibility index (Phi) is 4.00. The zero-order valence-electron chi connectivity index (χ0n) is 11.1. The summed E-state index contributed by atoms with van der Waals surface area (Å²) in [6, 6.07) is 11.8. The summed E-state index contributed by atoms with van der Waals surface area (Å²) in [5.74, 6) is 0. The van der Waals surface area contributed by atoms with Crippen LogP contribution >= 0.6 is 0 Å². The molecule has 0 atom stereocenters. The SMILES string of the molecule is CN(c1ccccc1)S(=O)(=O)c1ccc([B-](F)(F)F)cc1. The molecule has 0 saturated heterocycles. The number of rotatable bonds is 4. The summed E-state index contributed by atoms with van der Waals surface area (Å²) in [5, 5.41) is 0. The molecule has 0 bridgehead atoms. The second kappa shape index (κ2) is 5.44. The number of hydrogen-bond acceptors (Lipinski definition) is 2. The van der Waals surface area contributed by atoms with Gasteiger partial charge in [0.05, 0.1) is 10.6 Å². The first-order valence-corrected chi connectivity index (χ1v) is 7.51. The van der Waals surface area contributed by atoms with Crippen molar-refractivity contribution in [2.75, 3.05) is 11.4 Å². The second-order valence-corrected chi connectivity index (χ2v) is 6.42. The van der Waals surface area contributed by atoms with Crippen LogP contribution in [0.25, 0.3) is 0 Å². The van der Waals surface area contributed by atoms with Gasteiger partial charge in [0, 0.05) is 7.05 Å². The van der Waals surface area contributed by atoms with Crippen LogP contribution in [0.1, 0.15) is 0 Å². The molecule has 0 N–H and O–H groups in total. The summed E-state index contributed by atoms with van der Waals surface area (Å²) in [6.45, 7) is -5.13. The van der Waals surface area contributed by atoms with Crippen LogP contribution < -0.4 is 9.77 Å². The molecule has 2 aromatic carbocycles. The zero-order chi connectivity index (χ0) is 15.7. The van der Waals surface area contributed by atoms with E-state index in [0.29, 0.717) is 5.69 Å². The standard InChI is InChI=1S/C13H12BF3NO2S/c1-18(12-5-3-2-4-6-12)21(19,20)13-9-7-11(8-10-13)14(15,16)17/h2-10H,1H3/q-1. The average Bonchev–Trinajstić information content (AvgIpc) is 2.46. The molecular weight excluding hydrogens is 302 g/mol. The molecule has 0 radical (unpaired) electrons. The third-order valence-corrected chi connectivity index (χ3v) is 4.84. The van der Waals surface area contributed by atoms with Crippen LogP contribution in [0, 0.1) is 0 Å². The fourth-order valence-electron chi connectivity index (χ4n) is 1.79. The Morgan fingerprint density at radius 2 is 1.43 bits per heavy atom. The highest BCUT2D eigenvalue weighted by molar-refractivity contribution is 7.92. The maximum absolute atomic E-state index is 12.5. The molecule has 0 aliphatic carbocycles. The molecule has 0 aliphatic rings. The third kappa shape index (κ3) is 3.21. The van der Waals surface area contributed by atoms with E-state index in [1.54, 1.807) is 30.3 Å². The molecular formula is C13H12BF3NO2S-. The van der Waals surface area contributed by atoms with Crippen LogP contribution in [0.15, 0.2) is 59.5 Å². The quantitative estimate of drug-likeness (QED) is 0.814. The number of hydrogen-bond donors (Lipinski definition) is 0. The van der Waals surface area contributed by atoms with Crippen LogP contribution in [0.4, 0.5) is 18.6 Å². The van der Waals surface area contributed by atoms with Crippen molar-refractivity contribution in [2.45, 2.75) is 4.90 Å². The van der Waals surface area contributed by atoms with Crippen molar-refractivity contribution in [2.24, 2.45) is 0 Å². The van der Waals surface area contributed by atoms with Crippen molar-refractivity contribution in [1.29, 1.82) is 0 Å². The van der Waals surface area contributed by atoms with E-state index < -0.39 is 22.5 Å². The summed E-state index contributed by atoms with van der Waals surface area (Å²) >= 11 is 0. The van der Waals surface area contributed by atoms with Gasteiger partial charge in [-0.05, 0) is 24.3 Å². The van der Waals surface area contributed by atoms with Crippen LogP contribution in [-0.4, -0.2) is 22.4 Å². The summed E-state index contributed by atoms with van der Waals surface area (Å²) in [7, 11) is -2.53. The van der Waals surface area contributed by atoms with Gasteiger partial charge in [-0.15, -0.1) is 5.46 Å². The molecule has 3 nitrogen and oxygen atoms in total. The van der Waals surface area contributed by atoms with Gasteiger partial charge in [0.1, 0.15) is 0 Å². The zero-order valence-corrected chi connectivity index (χ0v) is 11.9. The molecule has 2 aromatic rings. The van der Waals surface area contributed by atoms with Crippen molar-refractivity contribution in [1.82, 2.24) is 0 Å². The van der Waals surface area contributed by atoms with E-state index in [4.69, 9.17) is 0 Å². The van der Waals surface area contributed by atoms with Crippen LogP contribution in [0.2, 0.25) is 0 Å². The first-order valence-electron chi connectivity index (χ1n) is 6.07. The molecule has 0 saturated carbocycles. The van der Waals surface area contributed by atoms with E-state index in [1.807, 2.05) is 0 Å². The molecule has 0 heterocycles. The molecule has 21 heavy (non-hydrogen) atoms. The molecule has 0 spiro atoms. The minimum atomic E-state index is -5.13. The van der Waals surface area contributed by atoms with Gasteiger partial charge < -0.3 is 12.9 Å². The average molecular weight is 314 g/mol. The van der Waals surface area contributed by atoms with Crippen LogP contribution in [0.5, 0.6) is 0 Å². The lowest BCUT2D eigenvalue weighted by Gasteiger charge is -2.20. The largest absolute Gasteiger partial charge is 0.509 e. The fraction of sp³-hybridized carbons (Fsp3) is 0.0769. The predicted molar refractivity (Wildman–Crippen MR) is 77.2 cm³/mol. The van der Waals surface area contributed by atoms with E-state index in [2.05, 4.69) is 0 Å². The second-order valence-electron chi connectivity index (χ2n) is 4.45. The Labute approximate surface area is 121 Å². The van der Waals surface area contributed by atoms with Gasteiger partial charge >= 0.3 is 6.98 Å². The van der Waals surface area contributed by atoms with E-state index in [1.165, 1.54) is 7.05 Å². The summed E-state index contributed by atoms with van der Waals surface area (Å²) in [6.07, 6.45) is 0.